The smallest absolute Gasteiger partial charge is 0.123 e. The van der Waals surface area contributed by atoms with Crippen LogP contribution in [0.1, 0.15) is 12.8 Å². The first-order valence-electron chi connectivity index (χ1n) is 7.73. The topological polar surface area (TPSA) is 44.7 Å². The van der Waals surface area contributed by atoms with Crippen LogP contribution in [0.4, 0.5) is 4.39 Å². The van der Waals surface area contributed by atoms with E-state index in [1.165, 1.54) is 38.1 Å². The van der Waals surface area contributed by atoms with Crippen LogP contribution >= 0.6 is 0 Å². The van der Waals surface area contributed by atoms with Crippen LogP contribution < -0.4 is 10.1 Å². The molecule has 2 unspecified atom stereocenters. The van der Waals surface area contributed by atoms with Gasteiger partial charge >= 0.3 is 0 Å². The van der Waals surface area contributed by atoms with Gasteiger partial charge in [0, 0.05) is 19.1 Å². The summed E-state index contributed by atoms with van der Waals surface area (Å²) < 4.78 is 18.2. The Morgan fingerprint density at radius 3 is 2.62 bits per heavy atom. The van der Waals surface area contributed by atoms with Gasteiger partial charge in [-0.05, 0) is 56.1 Å². The summed E-state index contributed by atoms with van der Waals surface area (Å²) in [6.45, 7) is 4.30. The third kappa shape index (κ3) is 3.93. The van der Waals surface area contributed by atoms with E-state index in [0.29, 0.717) is 18.3 Å². The van der Waals surface area contributed by atoms with E-state index < -0.39 is 6.10 Å². The lowest BCUT2D eigenvalue weighted by Gasteiger charge is -2.45. The zero-order chi connectivity index (χ0) is 14.7. The maximum absolute atomic E-state index is 12.8. The molecule has 3 fully saturated rings. The molecule has 3 aliphatic heterocycles. The average molecular weight is 294 g/mol. The van der Waals surface area contributed by atoms with Crippen molar-refractivity contribution in [2.24, 2.45) is 5.92 Å². The molecular formula is C16H23FN2O2. The second kappa shape index (κ2) is 6.73. The van der Waals surface area contributed by atoms with Crippen LogP contribution in [0.2, 0.25) is 0 Å². The van der Waals surface area contributed by atoms with Crippen molar-refractivity contribution in [2.75, 3.05) is 32.8 Å². The average Bonchev–Trinajstić information content (AvgIpc) is 2.53. The maximum atomic E-state index is 12.8. The standard InChI is InChI=1S/C16H23FN2O2/c17-13-1-3-15(4-2-13)21-11-14(20)9-18-16-10-19-7-5-12(16)6-8-19/h1-4,12,14,16,18,20H,5-11H2. The molecular weight excluding hydrogens is 271 g/mol. The molecule has 0 saturated carbocycles. The summed E-state index contributed by atoms with van der Waals surface area (Å²) in [6.07, 6.45) is 1.98. The van der Waals surface area contributed by atoms with Gasteiger partial charge in [-0.15, -0.1) is 0 Å². The molecule has 1 aromatic rings. The summed E-state index contributed by atoms with van der Waals surface area (Å²) >= 11 is 0. The minimum atomic E-state index is -0.550. The van der Waals surface area contributed by atoms with Crippen LogP contribution in [0, 0.1) is 11.7 Å². The summed E-state index contributed by atoms with van der Waals surface area (Å²) in [5.74, 6) is 1.05. The SMILES string of the molecule is OC(CNC1CN2CCC1CC2)COc1ccc(F)cc1. The highest BCUT2D eigenvalue weighted by atomic mass is 19.1. The minimum Gasteiger partial charge on any atom is -0.491 e. The van der Waals surface area contributed by atoms with Crippen LogP contribution in [0.3, 0.4) is 0 Å². The predicted molar refractivity (Wildman–Crippen MR) is 78.9 cm³/mol. The van der Waals surface area contributed by atoms with Crippen molar-refractivity contribution in [2.45, 2.75) is 25.0 Å². The summed E-state index contributed by atoms with van der Waals surface area (Å²) in [7, 11) is 0. The molecule has 2 atom stereocenters. The van der Waals surface area contributed by atoms with Gasteiger partial charge in [0.05, 0.1) is 0 Å². The summed E-state index contributed by atoms with van der Waals surface area (Å²) in [4.78, 5) is 2.49. The van der Waals surface area contributed by atoms with E-state index in [0.717, 1.165) is 12.5 Å². The number of hydrogen-bond donors (Lipinski definition) is 2. The number of aliphatic hydroxyl groups is 1. The van der Waals surface area contributed by atoms with E-state index in [-0.39, 0.29) is 12.4 Å². The molecule has 4 nitrogen and oxygen atoms in total. The van der Waals surface area contributed by atoms with E-state index in [4.69, 9.17) is 4.74 Å². The highest BCUT2D eigenvalue weighted by Crippen LogP contribution is 2.27. The Hall–Kier alpha value is -1.17. The second-order valence-corrected chi connectivity index (χ2v) is 6.07. The number of ether oxygens (including phenoxy) is 1. The van der Waals surface area contributed by atoms with Crippen molar-refractivity contribution in [1.29, 1.82) is 0 Å². The Labute approximate surface area is 124 Å². The van der Waals surface area contributed by atoms with E-state index in [2.05, 4.69) is 10.2 Å². The van der Waals surface area contributed by atoms with Crippen LogP contribution in [-0.4, -0.2) is 54.9 Å². The van der Waals surface area contributed by atoms with E-state index in [1.54, 1.807) is 12.1 Å². The number of nitrogens with one attached hydrogen (secondary N) is 1. The normalized spacial score (nSPS) is 29.3. The first-order chi connectivity index (χ1) is 10.2. The summed E-state index contributed by atoms with van der Waals surface area (Å²) in [6, 6.07) is 6.35. The lowest BCUT2D eigenvalue weighted by atomic mass is 9.84. The largest absolute Gasteiger partial charge is 0.491 e. The molecule has 0 aromatic heterocycles. The highest BCUT2D eigenvalue weighted by molar-refractivity contribution is 5.22. The molecule has 4 rings (SSSR count). The van der Waals surface area contributed by atoms with Gasteiger partial charge in [-0.3, -0.25) is 0 Å². The third-order valence-corrected chi connectivity index (χ3v) is 4.53. The van der Waals surface area contributed by atoms with Crippen molar-refractivity contribution in [3.8, 4) is 5.75 Å². The molecule has 3 saturated heterocycles. The number of halogens is 1. The van der Waals surface area contributed by atoms with Gasteiger partial charge in [0.15, 0.2) is 0 Å². The lowest BCUT2D eigenvalue weighted by molar-refractivity contribution is 0.0551. The number of aliphatic hydroxyl groups excluding tert-OH is 1. The fraction of sp³-hybridized carbons (Fsp3) is 0.625. The fourth-order valence-electron chi connectivity index (χ4n) is 3.27. The molecule has 2 bridgehead atoms. The second-order valence-electron chi connectivity index (χ2n) is 6.07. The minimum absolute atomic E-state index is 0.222. The van der Waals surface area contributed by atoms with Gasteiger partial charge < -0.3 is 20.1 Å². The Morgan fingerprint density at radius 1 is 1.29 bits per heavy atom. The number of benzene rings is 1. The first kappa shape index (κ1) is 14.8. The Morgan fingerprint density at radius 2 is 2.00 bits per heavy atom. The predicted octanol–water partition coefficient (Wildman–Crippen LogP) is 1.25. The highest BCUT2D eigenvalue weighted by Gasteiger charge is 2.33. The number of piperidine rings is 3. The van der Waals surface area contributed by atoms with Gasteiger partial charge in [0.1, 0.15) is 24.3 Å². The number of fused-ring (bicyclic) bond motifs is 3. The summed E-state index contributed by atoms with van der Waals surface area (Å²) in [5.41, 5.74) is 0. The maximum Gasteiger partial charge on any atom is 0.123 e. The first-order valence-corrected chi connectivity index (χ1v) is 7.73. The number of nitrogens with zero attached hydrogens (tertiary/aromatic N) is 1. The monoisotopic (exact) mass is 294 g/mol. The van der Waals surface area contributed by atoms with E-state index in [9.17, 15) is 9.50 Å². The fourth-order valence-corrected chi connectivity index (χ4v) is 3.27. The van der Waals surface area contributed by atoms with E-state index in [1.807, 2.05) is 0 Å². The Kier molecular flexibility index (Phi) is 4.73. The van der Waals surface area contributed by atoms with Crippen molar-refractivity contribution in [1.82, 2.24) is 10.2 Å². The molecule has 2 N–H and O–H groups in total. The third-order valence-electron chi connectivity index (χ3n) is 4.53. The molecule has 0 amide bonds. The number of rotatable bonds is 6. The summed E-state index contributed by atoms with van der Waals surface area (Å²) in [5, 5.41) is 13.5. The van der Waals surface area contributed by atoms with Gasteiger partial charge in [0.2, 0.25) is 0 Å². The van der Waals surface area contributed by atoms with Crippen LogP contribution in [0.25, 0.3) is 0 Å². The quantitative estimate of drug-likeness (QED) is 0.829. The van der Waals surface area contributed by atoms with Crippen molar-refractivity contribution in [3.63, 3.8) is 0 Å². The van der Waals surface area contributed by atoms with Crippen molar-refractivity contribution in [3.05, 3.63) is 30.1 Å². The Balaban J connectivity index is 1.38. The molecule has 116 valence electrons. The van der Waals surface area contributed by atoms with Crippen molar-refractivity contribution < 1.29 is 14.2 Å². The number of hydrogen-bond acceptors (Lipinski definition) is 4. The van der Waals surface area contributed by atoms with Crippen molar-refractivity contribution >= 4 is 0 Å². The molecule has 0 aliphatic carbocycles. The van der Waals surface area contributed by atoms with Gasteiger partial charge in [-0.25, -0.2) is 4.39 Å². The van der Waals surface area contributed by atoms with E-state index >= 15 is 0 Å². The van der Waals surface area contributed by atoms with Crippen LogP contribution in [0.5, 0.6) is 5.75 Å². The molecule has 3 heterocycles. The Bertz CT molecular complexity index is 446. The zero-order valence-corrected chi connectivity index (χ0v) is 12.2. The van der Waals surface area contributed by atoms with Crippen LogP contribution in [0.15, 0.2) is 24.3 Å². The molecule has 0 spiro atoms. The zero-order valence-electron chi connectivity index (χ0n) is 12.2. The molecule has 1 aromatic carbocycles. The van der Waals surface area contributed by atoms with Gasteiger partial charge in [0.25, 0.3) is 0 Å². The molecule has 3 aliphatic rings. The van der Waals surface area contributed by atoms with Gasteiger partial charge in [-0.1, -0.05) is 0 Å². The van der Waals surface area contributed by atoms with Gasteiger partial charge in [-0.2, -0.15) is 0 Å². The van der Waals surface area contributed by atoms with Crippen LogP contribution in [-0.2, 0) is 0 Å². The molecule has 5 heteroatoms. The lowest BCUT2D eigenvalue weighted by Crippen LogP contribution is -2.57. The molecule has 0 radical (unpaired) electrons. The molecule has 21 heavy (non-hydrogen) atoms.